The van der Waals surface area contributed by atoms with Crippen molar-refractivity contribution in [3.8, 4) is 0 Å². The van der Waals surface area contributed by atoms with Gasteiger partial charge in [0.1, 0.15) is 0 Å². The van der Waals surface area contributed by atoms with E-state index in [1.54, 1.807) is 313 Å². The Hall–Kier alpha value is -8.06. The lowest BCUT2D eigenvalue weighted by Crippen LogP contribution is -2.50. The highest BCUT2D eigenvalue weighted by Crippen LogP contribution is 2.85. The second-order valence-corrected chi connectivity index (χ2v) is 24.1. The van der Waals surface area contributed by atoms with Gasteiger partial charge >= 0.3 is 0 Å². The van der Waals surface area contributed by atoms with E-state index in [0.29, 0.717) is 0 Å². The van der Waals surface area contributed by atoms with E-state index in [9.17, 15) is 0 Å². The molecule has 0 N–H and O–H groups in total. The van der Waals surface area contributed by atoms with E-state index in [-0.39, 0.29) is 10.8 Å². The lowest BCUT2D eigenvalue weighted by Gasteiger charge is -2.52. The summed E-state index contributed by atoms with van der Waals surface area (Å²) in [7, 11) is 0. The molecule has 5 aliphatic rings. The van der Waals surface area contributed by atoms with Crippen LogP contribution in [0.15, 0.2) is 24.3 Å². The van der Waals surface area contributed by atoms with Gasteiger partial charge in [0.2, 0.25) is 0 Å². The smallest absolute Gasteiger partial charge is 0.0583 e. The van der Waals surface area contributed by atoms with Crippen LogP contribution in [-0.2, 0) is 10.8 Å². The summed E-state index contributed by atoms with van der Waals surface area (Å²) in [5.41, 5.74) is 6.33. The van der Waals surface area contributed by atoms with Gasteiger partial charge in [0.15, 0.2) is 0 Å². The first-order chi connectivity index (χ1) is 31.9. The summed E-state index contributed by atoms with van der Waals surface area (Å²) in [5.74, 6) is 0. The van der Waals surface area contributed by atoms with Crippen LogP contribution in [0, 0.1) is 0 Å². The molecule has 28 aromatic rings. The summed E-state index contributed by atoms with van der Waals surface area (Å²) in [4.78, 5) is 0. The molecule has 0 saturated heterocycles. The van der Waals surface area contributed by atoms with Gasteiger partial charge in [-0.15, -0.1) is 0 Å². The molecule has 28 aromatic carbocycles. The van der Waals surface area contributed by atoms with Crippen molar-refractivity contribution in [3.05, 3.63) is 46.6 Å². The molecule has 0 nitrogen and oxygen atoms in total. The van der Waals surface area contributed by atoms with Crippen LogP contribution in [0.25, 0.3) is 291 Å². The first-order valence-electron chi connectivity index (χ1n) is 24.1. The maximum atomic E-state index is 2.83. The maximum absolute atomic E-state index is 2.83. The summed E-state index contributed by atoms with van der Waals surface area (Å²) in [6.45, 7) is 0. The number of rotatable bonds is 0. The summed E-state index contributed by atoms with van der Waals surface area (Å²) in [6, 6.07) is 0. The molecule has 5 aliphatic carbocycles. The van der Waals surface area contributed by atoms with Crippen molar-refractivity contribution in [2.45, 2.75) is 10.8 Å². The first-order valence-corrected chi connectivity index (χ1v) is 24.1. The summed E-state index contributed by atoms with van der Waals surface area (Å²) < 4.78 is 0. The maximum Gasteiger partial charge on any atom is 0.0583 e. The van der Waals surface area contributed by atoms with Crippen molar-refractivity contribution in [1.82, 2.24) is 0 Å². The minimum absolute atomic E-state index is 0.285. The van der Waals surface area contributed by atoms with E-state index in [4.69, 9.17) is 0 Å². The first kappa shape index (κ1) is 22.3. The second kappa shape index (κ2) is 4.83. The van der Waals surface area contributed by atoms with Crippen LogP contribution >= 0.6 is 0 Å². The number of benzene rings is 18. The molecule has 0 atom stereocenters. The van der Waals surface area contributed by atoms with E-state index < -0.39 is 0 Å². The van der Waals surface area contributed by atoms with Gasteiger partial charge in [-0.25, -0.2) is 0 Å². The van der Waals surface area contributed by atoms with E-state index in [1.807, 2.05) is 0 Å². The molecule has 260 valence electrons. The highest BCUT2D eigenvalue weighted by molar-refractivity contribution is 6.82. The van der Waals surface area contributed by atoms with Gasteiger partial charge in [0.05, 0.1) is 10.8 Å². The van der Waals surface area contributed by atoms with Gasteiger partial charge in [-0.3, -0.25) is 0 Å². The van der Waals surface area contributed by atoms with Crippen LogP contribution in [0.5, 0.6) is 0 Å². The number of hydrogen-bond acceptors (Lipinski definition) is 0. The standard InChI is InChI=1S/C64H4/c1-2-4-64-61-53-45-35-25-17-9-6-5-7-11-13(9)21-27-19(11)29-23-15(7)16-8(5)12-14-10(6)18(17)26-32-22(14)28-20(12)30-24(16)34-33(23)43-37(29)47-41(27)49(39(45)31(21)25)57(61)55(47)59-51(43)52-44(34)38(30)48-42(28)50-40(32)46(36(26)35)54(53)62(64)58(50)56(48)60(52)63(59,64)3-1/h1-4H. The molecule has 0 fully saturated rings. The molecule has 0 aliphatic heterocycles. The van der Waals surface area contributed by atoms with Gasteiger partial charge in [-0.2, -0.15) is 0 Å². The zero-order chi connectivity index (χ0) is 37.3. The summed E-state index contributed by atoms with van der Waals surface area (Å²) in [6.07, 6.45) is 10.7. The van der Waals surface area contributed by atoms with Crippen molar-refractivity contribution in [2.24, 2.45) is 0 Å². The lowest BCUT2D eigenvalue weighted by atomic mass is 9.47. The Morgan fingerprint density at radius 2 is 0.219 bits per heavy atom. The number of hydrogen-bond donors (Lipinski definition) is 0. The fourth-order valence-electron chi connectivity index (χ4n) is 24.4. The van der Waals surface area contributed by atoms with Crippen molar-refractivity contribution < 1.29 is 0 Å². The molecule has 64 heavy (non-hydrogen) atoms. The zero-order valence-corrected chi connectivity index (χ0v) is 32.3. The third-order valence-corrected chi connectivity index (χ3v) is 24.3. The van der Waals surface area contributed by atoms with Crippen molar-refractivity contribution in [3.63, 3.8) is 0 Å². The quantitative estimate of drug-likeness (QED) is 0.135. The minimum Gasteiger partial charge on any atom is -0.0680 e. The van der Waals surface area contributed by atoms with Crippen LogP contribution < -0.4 is 0 Å². The molecule has 0 saturated carbocycles. The average molecular weight is 773 g/mol. The summed E-state index contributed by atoms with van der Waals surface area (Å²) >= 11 is 0. The van der Waals surface area contributed by atoms with E-state index >= 15 is 0 Å². The molecule has 2 spiro atoms. The zero-order valence-electron chi connectivity index (χ0n) is 32.3. The third-order valence-electron chi connectivity index (χ3n) is 24.3. The number of allylic oxidation sites excluding steroid dienone is 4. The minimum atomic E-state index is -0.285. The molecular weight excluding hydrogens is 769 g/mol. The average Bonchev–Trinajstić information content (AvgIpc) is 4.16. The Morgan fingerprint density at radius 3 is 0.328 bits per heavy atom. The Kier molecular flexibility index (Phi) is 1.69. The van der Waals surface area contributed by atoms with Gasteiger partial charge < -0.3 is 0 Å². The predicted molar refractivity (Wildman–Crippen MR) is 272 cm³/mol. The van der Waals surface area contributed by atoms with Crippen molar-refractivity contribution >= 4 is 291 Å². The molecule has 0 amide bonds. The predicted octanol–water partition coefficient (Wildman–Crippen LogP) is 17.4. The van der Waals surface area contributed by atoms with E-state index in [0.717, 1.165) is 0 Å². The highest BCUT2D eigenvalue weighted by Gasteiger charge is 2.68. The fraction of sp³-hybridized carbons (Fsp3) is 0.0312. The monoisotopic (exact) mass is 772 g/mol. The third kappa shape index (κ3) is 1.08. The van der Waals surface area contributed by atoms with Gasteiger partial charge in [0.25, 0.3) is 0 Å². The van der Waals surface area contributed by atoms with Crippen LogP contribution in [0.3, 0.4) is 0 Å². The Bertz CT molecular complexity index is 6460. The molecule has 0 heteroatoms. The second-order valence-electron chi connectivity index (χ2n) is 24.1. The molecular formula is C64H4. The van der Waals surface area contributed by atoms with Crippen LogP contribution in [0.2, 0.25) is 0 Å². The molecule has 33 rings (SSSR count). The van der Waals surface area contributed by atoms with Crippen LogP contribution in [0.1, 0.15) is 22.3 Å². The van der Waals surface area contributed by atoms with Gasteiger partial charge in [0, 0.05) is 0 Å². The molecule has 0 aromatic heterocycles. The molecule has 0 unspecified atom stereocenters. The van der Waals surface area contributed by atoms with Gasteiger partial charge in [-0.1, -0.05) is 24.3 Å². The van der Waals surface area contributed by atoms with Crippen LogP contribution in [-0.4, -0.2) is 0 Å². The Labute approximate surface area is 346 Å². The van der Waals surface area contributed by atoms with Gasteiger partial charge in [-0.05, 0) is 313 Å². The summed E-state index contributed by atoms with van der Waals surface area (Å²) in [5, 5.41) is 90.1. The van der Waals surface area contributed by atoms with Crippen LogP contribution in [0.4, 0.5) is 0 Å². The van der Waals surface area contributed by atoms with Crippen molar-refractivity contribution in [1.29, 1.82) is 0 Å². The molecule has 0 radical (unpaired) electrons. The highest BCUT2D eigenvalue weighted by atomic mass is 14.7. The van der Waals surface area contributed by atoms with E-state index in [2.05, 4.69) is 24.3 Å². The normalized spacial score (nSPS) is 23.3. The topological polar surface area (TPSA) is 0 Å². The Morgan fingerprint density at radius 1 is 0.125 bits per heavy atom. The Balaban J connectivity index is 1.30. The lowest BCUT2D eigenvalue weighted by molar-refractivity contribution is 0.469. The fourth-order valence-corrected chi connectivity index (χ4v) is 24.4. The SMILES string of the molecule is C1=CC23c4c5c6c7c8c9c(c%10c%11c2c2c4c4c%12c5c5c6c6c8c8c%13c9c9c%10c%10c%11c%11c2c2c4c4c%12c%12c5c5c6c8c6c8c%13c9c9c%10c%10c%11c2c2c4c4c%12c5c6c5c8c9c%10c2c45)C73C=C1. The molecule has 0 heterocycles. The molecule has 0 bridgehead atoms. The largest absolute Gasteiger partial charge is 0.0680 e. The van der Waals surface area contributed by atoms with Crippen molar-refractivity contribution in [2.75, 3.05) is 0 Å². The van der Waals surface area contributed by atoms with E-state index in [1.165, 1.54) is 0 Å².